The van der Waals surface area contributed by atoms with Gasteiger partial charge in [-0.15, -0.1) is 0 Å². The first-order valence-corrected chi connectivity index (χ1v) is 5.70. The van der Waals surface area contributed by atoms with Crippen LogP contribution in [-0.2, 0) is 6.54 Å². The third-order valence-corrected chi connectivity index (χ3v) is 2.93. The number of hydrogen-bond donors (Lipinski definition) is 1. The molecule has 3 nitrogen and oxygen atoms in total. The third-order valence-electron chi connectivity index (χ3n) is 2.93. The van der Waals surface area contributed by atoms with E-state index in [9.17, 15) is 13.9 Å². The number of halogens is 2. The summed E-state index contributed by atoms with van der Waals surface area (Å²) in [6.45, 7) is 3.88. The first-order chi connectivity index (χ1) is 8.56. The van der Waals surface area contributed by atoms with E-state index in [1.54, 1.807) is 10.7 Å². The number of nitrogens with zero attached hydrogens (tertiary/aromatic N) is 2. The van der Waals surface area contributed by atoms with Crippen LogP contribution >= 0.6 is 0 Å². The zero-order chi connectivity index (χ0) is 13.3. The topological polar surface area (TPSA) is 38.0 Å². The summed E-state index contributed by atoms with van der Waals surface area (Å²) in [6.07, 6.45) is 0.298. The molecule has 0 fully saturated rings. The Hall–Kier alpha value is -1.75. The van der Waals surface area contributed by atoms with Crippen molar-refractivity contribution in [2.45, 2.75) is 26.5 Å². The molecule has 18 heavy (non-hydrogen) atoms. The monoisotopic (exact) mass is 252 g/mol. The predicted octanol–water partition coefficient (Wildman–Crippen LogP) is 2.57. The summed E-state index contributed by atoms with van der Waals surface area (Å²) in [7, 11) is 0. The number of rotatable bonds is 3. The van der Waals surface area contributed by atoms with Crippen molar-refractivity contribution >= 4 is 0 Å². The highest BCUT2D eigenvalue weighted by atomic mass is 19.2. The minimum Gasteiger partial charge on any atom is -0.382 e. The summed E-state index contributed by atoms with van der Waals surface area (Å²) >= 11 is 0. The summed E-state index contributed by atoms with van der Waals surface area (Å²) < 4.78 is 28.8. The molecule has 1 atom stereocenters. The van der Waals surface area contributed by atoms with Crippen LogP contribution in [0, 0.1) is 18.6 Å². The summed E-state index contributed by atoms with van der Waals surface area (Å²) in [5.41, 5.74) is 0.584. The second-order valence-electron chi connectivity index (χ2n) is 4.07. The van der Waals surface area contributed by atoms with Gasteiger partial charge in [-0.05, 0) is 25.5 Å². The maximum Gasteiger partial charge on any atom is 0.165 e. The van der Waals surface area contributed by atoms with Gasteiger partial charge in [-0.2, -0.15) is 5.10 Å². The molecule has 0 saturated carbocycles. The number of benzene rings is 1. The number of aliphatic hydroxyl groups is 1. The number of aliphatic hydroxyl groups excluding tert-OH is 1. The van der Waals surface area contributed by atoms with Crippen molar-refractivity contribution in [1.82, 2.24) is 9.78 Å². The third kappa shape index (κ3) is 2.01. The predicted molar refractivity (Wildman–Crippen MR) is 63.1 cm³/mol. The number of hydrogen-bond acceptors (Lipinski definition) is 2. The largest absolute Gasteiger partial charge is 0.382 e. The molecule has 0 radical (unpaired) electrons. The standard InChI is InChI=1S/C13H14F2N2O/c1-3-17-10(6-7-16-17)13(18)9-5-4-8(2)11(14)12(9)15/h4-7,13,18H,3H2,1-2H3. The van der Waals surface area contributed by atoms with E-state index in [0.717, 1.165) is 0 Å². The SMILES string of the molecule is CCn1nccc1C(O)c1ccc(C)c(F)c1F. The van der Waals surface area contributed by atoms with Crippen LogP contribution in [0.1, 0.15) is 29.8 Å². The minimum atomic E-state index is -1.22. The van der Waals surface area contributed by atoms with Crippen LogP contribution < -0.4 is 0 Å². The molecule has 2 aromatic rings. The molecule has 0 amide bonds. The summed E-state index contributed by atoms with van der Waals surface area (Å²) in [6, 6.07) is 4.43. The highest BCUT2D eigenvalue weighted by Crippen LogP contribution is 2.26. The minimum absolute atomic E-state index is 0.0756. The normalized spacial score (nSPS) is 12.7. The molecule has 0 bridgehead atoms. The molecule has 1 N–H and O–H groups in total. The molecular formula is C13H14F2N2O. The zero-order valence-corrected chi connectivity index (χ0v) is 10.2. The van der Waals surface area contributed by atoms with Crippen LogP contribution in [0.5, 0.6) is 0 Å². The Morgan fingerprint density at radius 2 is 2.00 bits per heavy atom. The van der Waals surface area contributed by atoms with Gasteiger partial charge in [-0.25, -0.2) is 8.78 Å². The zero-order valence-electron chi connectivity index (χ0n) is 10.2. The van der Waals surface area contributed by atoms with Crippen molar-refractivity contribution in [3.63, 3.8) is 0 Å². The summed E-state index contributed by atoms with van der Waals surface area (Å²) in [5, 5.41) is 14.1. The first kappa shape index (κ1) is 12.7. The average Bonchev–Trinajstić information content (AvgIpc) is 2.83. The molecule has 1 aromatic heterocycles. The molecule has 2 rings (SSSR count). The average molecular weight is 252 g/mol. The lowest BCUT2D eigenvalue weighted by Gasteiger charge is -2.14. The van der Waals surface area contributed by atoms with E-state index in [2.05, 4.69) is 5.10 Å². The van der Waals surface area contributed by atoms with Gasteiger partial charge in [-0.3, -0.25) is 4.68 Å². The van der Waals surface area contributed by atoms with E-state index >= 15 is 0 Å². The fourth-order valence-electron chi connectivity index (χ4n) is 1.87. The van der Waals surface area contributed by atoms with E-state index in [0.29, 0.717) is 12.2 Å². The van der Waals surface area contributed by atoms with Crippen molar-refractivity contribution < 1.29 is 13.9 Å². The molecule has 5 heteroatoms. The van der Waals surface area contributed by atoms with Gasteiger partial charge in [0.1, 0.15) is 6.10 Å². The smallest absolute Gasteiger partial charge is 0.165 e. The van der Waals surface area contributed by atoms with Gasteiger partial charge in [0.2, 0.25) is 0 Å². The summed E-state index contributed by atoms with van der Waals surface area (Å²) in [5.74, 6) is -1.93. The van der Waals surface area contributed by atoms with Crippen molar-refractivity contribution in [2.24, 2.45) is 0 Å². The van der Waals surface area contributed by atoms with E-state index in [-0.39, 0.29) is 11.1 Å². The second-order valence-corrected chi connectivity index (χ2v) is 4.07. The van der Waals surface area contributed by atoms with Crippen LogP contribution in [0.4, 0.5) is 8.78 Å². The van der Waals surface area contributed by atoms with Crippen LogP contribution in [0.25, 0.3) is 0 Å². The van der Waals surface area contributed by atoms with Crippen LogP contribution in [0.2, 0.25) is 0 Å². The molecule has 0 aliphatic carbocycles. The van der Waals surface area contributed by atoms with Crippen molar-refractivity contribution in [3.8, 4) is 0 Å². The van der Waals surface area contributed by atoms with Gasteiger partial charge < -0.3 is 5.11 Å². The lowest BCUT2D eigenvalue weighted by molar-refractivity contribution is 0.201. The maximum absolute atomic E-state index is 13.8. The highest BCUT2D eigenvalue weighted by molar-refractivity contribution is 5.31. The molecule has 1 unspecified atom stereocenters. The summed E-state index contributed by atoms with van der Waals surface area (Å²) in [4.78, 5) is 0. The van der Waals surface area contributed by atoms with Gasteiger partial charge >= 0.3 is 0 Å². The van der Waals surface area contributed by atoms with Crippen LogP contribution in [0.3, 0.4) is 0 Å². The fraction of sp³-hybridized carbons (Fsp3) is 0.308. The Balaban J connectivity index is 2.46. The second kappa shape index (κ2) is 4.86. The lowest BCUT2D eigenvalue weighted by atomic mass is 10.0. The Morgan fingerprint density at radius 1 is 1.28 bits per heavy atom. The van der Waals surface area contributed by atoms with Gasteiger partial charge in [0.15, 0.2) is 11.6 Å². The first-order valence-electron chi connectivity index (χ1n) is 5.70. The van der Waals surface area contributed by atoms with E-state index in [4.69, 9.17) is 0 Å². The van der Waals surface area contributed by atoms with Crippen molar-refractivity contribution in [2.75, 3.05) is 0 Å². The number of aromatic nitrogens is 2. The Labute approximate surface area is 104 Å². The van der Waals surface area contributed by atoms with E-state index < -0.39 is 17.7 Å². The molecule has 1 aromatic carbocycles. The highest BCUT2D eigenvalue weighted by Gasteiger charge is 2.21. The van der Waals surface area contributed by atoms with Crippen molar-refractivity contribution in [3.05, 3.63) is 52.9 Å². The van der Waals surface area contributed by atoms with Gasteiger partial charge in [0.05, 0.1) is 5.69 Å². The van der Waals surface area contributed by atoms with E-state index in [1.807, 2.05) is 6.92 Å². The molecular weight excluding hydrogens is 238 g/mol. The Bertz CT molecular complexity index is 566. The van der Waals surface area contributed by atoms with Crippen LogP contribution in [-0.4, -0.2) is 14.9 Å². The lowest BCUT2D eigenvalue weighted by Crippen LogP contribution is -2.11. The van der Waals surface area contributed by atoms with E-state index in [1.165, 1.54) is 25.3 Å². The van der Waals surface area contributed by atoms with Gasteiger partial charge in [0, 0.05) is 18.3 Å². The molecule has 0 aliphatic rings. The molecule has 96 valence electrons. The van der Waals surface area contributed by atoms with Gasteiger partial charge in [0.25, 0.3) is 0 Å². The van der Waals surface area contributed by atoms with Gasteiger partial charge in [-0.1, -0.05) is 12.1 Å². The molecule has 0 aliphatic heterocycles. The Kier molecular flexibility index (Phi) is 3.43. The molecule has 0 saturated heterocycles. The Morgan fingerprint density at radius 3 is 2.67 bits per heavy atom. The molecule has 1 heterocycles. The quantitative estimate of drug-likeness (QED) is 0.911. The fourth-order valence-corrected chi connectivity index (χ4v) is 1.87. The van der Waals surface area contributed by atoms with Crippen molar-refractivity contribution in [1.29, 1.82) is 0 Å². The van der Waals surface area contributed by atoms with Crippen LogP contribution in [0.15, 0.2) is 24.4 Å². The molecule has 0 spiro atoms. The maximum atomic E-state index is 13.8. The number of aryl methyl sites for hydroxylation is 2.